The standard InChI is InChI=1S/C38H38N4O5S/c1-2-48-34-14-8-6-12-32(34)40-36(44)18-21-42-25-28-23-26(15-16-30(28)38(42)46)19-22-47-33-13-7-5-11-31(33)39-35(43)17-20-41-24-27-9-3-4-10-29(27)37(41)45/h3-16,23H,2,17-22,24-25H2,1H3,(H,39,43)(H,40,44). The number of carbonyl (C=O) groups is 4. The molecule has 0 spiro atoms. The van der Waals surface area contributed by atoms with E-state index in [1.54, 1.807) is 27.6 Å². The molecule has 2 heterocycles. The van der Waals surface area contributed by atoms with E-state index in [9.17, 15) is 19.2 Å². The number of nitrogens with one attached hydrogen (secondary N) is 2. The molecular formula is C38H38N4O5S. The zero-order valence-corrected chi connectivity index (χ0v) is 27.7. The van der Waals surface area contributed by atoms with Crippen molar-refractivity contribution in [3.63, 3.8) is 0 Å². The lowest BCUT2D eigenvalue weighted by Crippen LogP contribution is -2.28. The highest BCUT2D eigenvalue weighted by Gasteiger charge is 2.28. The topological polar surface area (TPSA) is 108 Å². The van der Waals surface area contributed by atoms with E-state index >= 15 is 0 Å². The molecule has 0 saturated heterocycles. The summed E-state index contributed by atoms with van der Waals surface area (Å²) in [5.41, 5.74) is 5.69. The fourth-order valence-corrected chi connectivity index (χ4v) is 6.75. The molecule has 0 radical (unpaired) electrons. The number of fused-ring (bicyclic) bond motifs is 2. The minimum Gasteiger partial charge on any atom is -0.491 e. The van der Waals surface area contributed by atoms with Crippen molar-refractivity contribution in [3.8, 4) is 5.75 Å². The summed E-state index contributed by atoms with van der Waals surface area (Å²) >= 11 is 1.68. The molecule has 0 unspecified atom stereocenters. The van der Waals surface area contributed by atoms with Gasteiger partial charge < -0.3 is 25.2 Å². The molecule has 0 atom stereocenters. The van der Waals surface area contributed by atoms with E-state index in [0.29, 0.717) is 61.8 Å². The van der Waals surface area contributed by atoms with Gasteiger partial charge in [0.25, 0.3) is 11.8 Å². The first-order valence-corrected chi connectivity index (χ1v) is 17.2. The first-order chi connectivity index (χ1) is 23.4. The van der Waals surface area contributed by atoms with E-state index < -0.39 is 0 Å². The van der Waals surface area contributed by atoms with Gasteiger partial charge in [0.15, 0.2) is 0 Å². The summed E-state index contributed by atoms with van der Waals surface area (Å²) in [5, 5.41) is 5.92. The van der Waals surface area contributed by atoms with Gasteiger partial charge in [-0.05, 0) is 58.8 Å². The van der Waals surface area contributed by atoms with Crippen LogP contribution in [0.25, 0.3) is 0 Å². The van der Waals surface area contributed by atoms with E-state index in [1.807, 2.05) is 84.9 Å². The van der Waals surface area contributed by atoms with Gasteiger partial charge in [-0.1, -0.05) is 61.5 Å². The molecule has 0 aromatic heterocycles. The molecule has 2 N–H and O–H groups in total. The SMILES string of the molecule is CCSc1ccccc1NC(=O)CCN1Cc2cc(CCOc3ccccc3NC(=O)CCN3Cc4ccccc4C3=O)ccc2C1=O. The number of nitrogens with zero attached hydrogens (tertiary/aromatic N) is 2. The highest BCUT2D eigenvalue weighted by atomic mass is 32.2. The molecule has 246 valence electrons. The molecule has 4 amide bonds. The summed E-state index contributed by atoms with van der Waals surface area (Å²) in [6.45, 7) is 4.10. The average molecular weight is 663 g/mol. The second-order valence-corrected chi connectivity index (χ2v) is 13.0. The van der Waals surface area contributed by atoms with Crippen molar-refractivity contribution in [3.05, 3.63) is 119 Å². The summed E-state index contributed by atoms with van der Waals surface area (Å²) < 4.78 is 6.08. The lowest BCUT2D eigenvalue weighted by molar-refractivity contribution is -0.117. The fourth-order valence-electron chi connectivity index (χ4n) is 5.99. The van der Waals surface area contributed by atoms with Crippen LogP contribution in [0, 0.1) is 0 Å². The van der Waals surface area contributed by atoms with Crippen molar-refractivity contribution < 1.29 is 23.9 Å². The Morgan fingerprint density at radius 2 is 1.33 bits per heavy atom. The molecule has 2 aliphatic rings. The third kappa shape index (κ3) is 7.71. The Morgan fingerprint density at radius 3 is 2.06 bits per heavy atom. The van der Waals surface area contributed by atoms with Crippen molar-refractivity contribution in [2.75, 3.05) is 36.1 Å². The number of amides is 4. The first kappa shape index (κ1) is 32.8. The number of hydrogen-bond acceptors (Lipinski definition) is 6. The van der Waals surface area contributed by atoms with Gasteiger partial charge in [-0.2, -0.15) is 0 Å². The number of carbonyl (C=O) groups excluding carboxylic acids is 4. The number of benzene rings is 4. The highest BCUT2D eigenvalue weighted by molar-refractivity contribution is 7.99. The second-order valence-electron chi connectivity index (χ2n) is 11.7. The predicted molar refractivity (Wildman–Crippen MR) is 187 cm³/mol. The Labute approximate surface area is 284 Å². The number of hydrogen-bond donors (Lipinski definition) is 2. The van der Waals surface area contributed by atoms with Gasteiger partial charge in [-0.25, -0.2) is 0 Å². The van der Waals surface area contributed by atoms with Gasteiger partial charge in [0.2, 0.25) is 11.8 Å². The van der Waals surface area contributed by atoms with Crippen LogP contribution in [0.2, 0.25) is 0 Å². The second kappa shape index (κ2) is 15.2. The lowest BCUT2D eigenvalue weighted by Gasteiger charge is -2.16. The van der Waals surface area contributed by atoms with Crippen molar-refractivity contribution in [1.82, 2.24) is 9.80 Å². The molecule has 0 bridgehead atoms. The maximum Gasteiger partial charge on any atom is 0.254 e. The van der Waals surface area contributed by atoms with Crippen LogP contribution in [-0.4, -0.2) is 58.9 Å². The average Bonchev–Trinajstić information content (AvgIpc) is 3.59. The van der Waals surface area contributed by atoms with Gasteiger partial charge in [0.05, 0.1) is 18.0 Å². The third-order valence-electron chi connectivity index (χ3n) is 8.43. The van der Waals surface area contributed by atoms with E-state index in [1.165, 1.54) is 0 Å². The van der Waals surface area contributed by atoms with E-state index in [4.69, 9.17) is 4.74 Å². The first-order valence-electron chi connectivity index (χ1n) is 16.2. The Hall–Kier alpha value is -5.09. The van der Waals surface area contributed by atoms with Gasteiger partial charge in [-0.3, -0.25) is 19.2 Å². The Bertz CT molecular complexity index is 1840. The molecule has 4 aromatic rings. The van der Waals surface area contributed by atoms with Crippen LogP contribution in [0.3, 0.4) is 0 Å². The summed E-state index contributed by atoms with van der Waals surface area (Å²) in [6, 6.07) is 28.4. The maximum absolute atomic E-state index is 13.0. The van der Waals surface area contributed by atoms with Crippen molar-refractivity contribution in [1.29, 1.82) is 0 Å². The van der Waals surface area contributed by atoms with Crippen molar-refractivity contribution >= 4 is 46.8 Å². The Balaban J connectivity index is 0.965. The molecule has 0 saturated carbocycles. The number of ether oxygens (including phenoxy) is 1. The van der Waals surface area contributed by atoms with Crippen LogP contribution >= 0.6 is 11.8 Å². The molecule has 10 heteroatoms. The number of anilines is 2. The fraction of sp³-hybridized carbons (Fsp3) is 0.263. The minimum absolute atomic E-state index is 0.0443. The highest BCUT2D eigenvalue weighted by Crippen LogP contribution is 2.29. The third-order valence-corrected chi connectivity index (χ3v) is 9.39. The number of thioether (sulfide) groups is 1. The zero-order valence-electron chi connectivity index (χ0n) is 26.9. The largest absolute Gasteiger partial charge is 0.491 e. The Morgan fingerprint density at radius 1 is 0.729 bits per heavy atom. The summed E-state index contributed by atoms with van der Waals surface area (Å²) in [7, 11) is 0. The smallest absolute Gasteiger partial charge is 0.254 e. The Kier molecular flexibility index (Phi) is 10.4. The van der Waals surface area contributed by atoms with Crippen molar-refractivity contribution in [2.45, 2.75) is 44.2 Å². The van der Waals surface area contributed by atoms with Crippen LogP contribution in [0.1, 0.15) is 57.2 Å². The zero-order chi connectivity index (χ0) is 33.5. The summed E-state index contributed by atoms with van der Waals surface area (Å²) in [4.78, 5) is 55.6. The normalized spacial score (nSPS) is 13.4. The van der Waals surface area contributed by atoms with Crippen molar-refractivity contribution in [2.24, 2.45) is 0 Å². The van der Waals surface area contributed by atoms with Crippen LogP contribution in [0.5, 0.6) is 5.75 Å². The molecule has 2 aliphatic heterocycles. The molecule has 4 aromatic carbocycles. The number of para-hydroxylation sites is 3. The van der Waals surface area contributed by atoms with E-state index in [2.05, 4.69) is 17.6 Å². The van der Waals surface area contributed by atoms with Gasteiger partial charge in [-0.15, -0.1) is 11.8 Å². The quantitative estimate of drug-likeness (QED) is 0.152. The van der Waals surface area contributed by atoms with E-state index in [0.717, 1.165) is 33.0 Å². The number of rotatable bonds is 14. The van der Waals surface area contributed by atoms with Gasteiger partial charge in [0, 0.05) is 61.5 Å². The van der Waals surface area contributed by atoms with Gasteiger partial charge >= 0.3 is 0 Å². The summed E-state index contributed by atoms with van der Waals surface area (Å²) in [6.07, 6.45) is 1.00. The minimum atomic E-state index is -0.194. The van der Waals surface area contributed by atoms with E-state index in [-0.39, 0.29) is 36.5 Å². The molecule has 0 fully saturated rings. The maximum atomic E-state index is 13.0. The monoisotopic (exact) mass is 662 g/mol. The van der Waals surface area contributed by atoms with Gasteiger partial charge in [0.1, 0.15) is 5.75 Å². The lowest BCUT2D eigenvalue weighted by atomic mass is 10.0. The molecular weight excluding hydrogens is 625 g/mol. The van der Waals surface area contributed by atoms with Crippen LogP contribution in [0.4, 0.5) is 11.4 Å². The molecule has 48 heavy (non-hydrogen) atoms. The van der Waals surface area contributed by atoms with Crippen LogP contribution < -0.4 is 15.4 Å². The molecule has 0 aliphatic carbocycles. The molecule has 6 rings (SSSR count). The van der Waals surface area contributed by atoms with Crippen LogP contribution in [0.15, 0.2) is 95.9 Å². The summed E-state index contributed by atoms with van der Waals surface area (Å²) in [5.74, 6) is 1.05. The van der Waals surface area contributed by atoms with Crippen LogP contribution in [-0.2, 0) is 29.1 Å². The predicted octanol–water partition coefficient (Wildman–Crippen LogP) is 6.39. The molecule has 9 nitrogen and oxygen atoms in total.